The molecule has 2 bridgehead atoms. The summed E-state index contributed by atoms with van der Waals surface area (Å²) in [5.74, 6) is 1.36. The molecule has 0 unspecified atom stereocenters. The molecule has 26 heavy (non-hydrogen) atoms. The van der Waals surface area contributed by atoms with Crippen LogP contribution in [0.1, 0.15) is 36.8 Å². The highest BCUT2D eigenvalue weighted by molar-refractivity contribution is 5.85. The van der Waals surface area contributed by atoms with E-state index >= 15 is 0 Å². The second-order valence-corrected chi connectivity index (χ2v) is 7.92. The van der Waals surface area contributed by atoms with Crippen LogP contribution in [0.4, 0.5) is 0 Å². The number of rotatable bonds is 3. The van der Waals surface area contributed by atoms with Crippen molar-refractivity contribution in [3.8, 4) is 11.5 Å². The number of benzene rings is 2. The third kappa shape index (κ3) is 2.78. The van der Waals surface area contributed by atoms with Crippen LogP contribution in [0.5, 0.6) is 11.5 Å². The Morgan fingerprint density at radius 3 is 2.85 bits per heavy atom. The normalized spacial score (nSPS) is 29.2. The third-order valence-corrected chi connectivity index (χ3v) is 6.59. The molecule has 5 rings (SSSR count). The second kappa shape index (κ2) is 6.79. The number of halogens is 1. The van der Waals surface area contributed by atoms with E-state index in [9.17, 15) is 5.11 Å². The van der Waals surface area contributed by atoms with Crippen molar-refractivity contribution in [3.05, 3.63) is 59.7 Å². The predicted molar refractivity (Wildman–Crippen MR) is 105 cm³/mol. The van der Waals surface area contributed by atoms with Crippen LogP contribution in [0, 0.1) is 0 Å². The maximum atomic E-state index is 9.98. The van der Waals surface area contributed by atoms with E-state index in [1.807, 2.05) is 12.1 Å². The van der Waals surface area contributed by atoms with E-state index < -0.39 is 0 Å². The minimum atomic E-state index is 0. The van der Waals surface area contributed by atoms with Gasteiger partial charge in [-0.15, -0.1) is 12.4 Å². The van der Waals surface area contributed by atoms with E-state index in [1.165, 1.54) is 36.8 Å². The molecule has 0 aromatic heterocycles. The number of fused-ring (bicyclic) bond motifs is 2. The number of phenolic OH excluding ortho intramolecular Hbond substituents is 1. The maximum absolute atomic E-state index is 9.98. The smallest absolute Gasteiger partial charge is 0.124 e. The van der Waals surface area contributed by atoms with E-state index in [2.05, 4.69) is 35.2 Å². The molecule has 0 radical (unpaired) electrons. The quantitative estimate of drug-likeness (QED) is 0.872. The number of piperidine rings is 1. The first-order valence-electron chi connectivity index (χ1n) is 9.53. The van der Waals surface area contributed by atoms with Gasteiger partial charge in [0, 0.05) is 30.1 Å². The summed E-state index contributed by atoms with van der Waals surface area (Å²) in [7, 11) is 0. The molecule has 3 atom stereocenters. The average Bonchev–Trinajstić information content (AvgIpc) is 2.93. The van der Waals surface area contributed by atoms with Crippen molar-refractivity contribution in [2.24, 2.45) is 0 Å². The largest absolute Gasteiger partial charge is 0.508 e. The van der Waals surface area contributed by atoms with Crippen LogP contribution in [0.15, 0.2) is 48.5 Å². The number of likely N-dealkylation sites (tertiary alicyclic amines) is 1. The molecule has 4 heteroatoms. The lowest BCUT2D eigenvalue weighted by Gasteiger charge is -2.51. The highest BCUT2D eigenvalue weighted by Gasteiger charge is 2.55. The number of ether oxygens (including phenoxy) is 1. The van der Waals surface area contributed by atoms with Gasteiger partial charge in [0.25, 0.3) is 0 Å². The lowest BCUT2D eigenvalue weighted by atomic mass is 9.63. The van der Waals surface area contributed by atoms with E-state index in [-0.39, 0.29) is 23.9 Å². The molecule has 1 saturated heterocycles. The maximum Gasteiger partial charge on any atom is 0.124 e. The summed E-state index contributed by atoms with van der Waals surface area (Å²) in [6.45, 7) is 2.11. The Morgan fingerprint density at radius 2 is 2.00 bits per heavy atom. The van der Waals surface area contributed by atoms with Crippen LogP contribution in [-0.2, 0) is 11.8 Å². The fraction of sp³-hybridized carbons (Fsp3) is 0.455. The van der Waals surface area contributed by atoms with Crippen LogP contribution in [0.3, 0.4) is 0 Å². The molecule has 0 amide bonds. The highest BCUT2D eigenvalue weighted by Crippen LogP contribution is 2.55. The molecule has 3 nitrogen and oxygen atoms in total. The molecule has 2 heterocycles. The molecule has 3 aliphatic rings. The molecule has 1 N–H and O–H groups in total. The van der Waals surface area contributed by atoms with Gasteiger partial charge in [-0.3, -0.25) is 4.90 Å². The molecular weight excluding hydrogens is 346 g/mol. The summed E-state index contributed by atoms with van der Waals surface area (Å²) in [5.41, 5.74) is 2.79. The van der Waals surface area contributed by atoms with Gasteiger partial charge in [-0.05, 0) is 49.4 Å². The van der Waals surface area contributed by atoms with E-state index in [0.29, 0.717) is 11.8 Å². The fourth-order valence-electron chi connectivity index (χ4n) is 5.34. The molecule has 2 aromatic carbocycles. The summed E-state index contributed by atoms with van der Waals surface area (Å²) in [6.07, 6.45) is 6.24. The zero-order chi connectivity index (χ0) is 16.9. The Kier molecular flexibility index (Phi) is 4.62. The van der Waals surface area contributed by atoms with Crippen LogP contribution < -0.4 is 4.74 Å². The van der Waals surface area contributed by atoms with E-state index in [4.69, 9.17) is 4.74 Å². The Morgan fingerprint density at radius 1 is 1.15 bits per heavy atom. The minimum Gasteiger partial charge on any atom is -0.508 e. The molecule has 2 fully saturated rings. The number of nitrogens with zero attached hydrogens (tertiary/aromatic N) is 1. The highest BCUT2D eigenvalue weighted by atomic mass is 35.5. The zero-order valence-corrected chi connectivity index (χ0v) is 15.8. The van der Waals surface area contributed by atoms with Gasteiger partial charge < -0.3 is 9.84 Å². The number of hydrogen-bond acceptors (Lipinski definition) is 3. The van der Waals surface area contributed by atoms with Gasteiger partial charge in [0.2, 0.25) is 0 Å². The second-order valence-electron chi connectivity index (χ2n) is 7.92. The van der Waals surface area contributed by atoms with Gasteiger partial charge in [-0.2, -0.15) is 0 Å². The molecule has 1 aliphatic carbocycles. The van der Waals surface area contributed by atoms with Crippen molar-refractivity contribution < 1.29 is 9.84 Å². The molecule has 2 aliphatic heterocycles. The van der Waals surface area contributed by atoms with Crippen LogP contribution in [0.2, 0.25) is 0 Å². The Labute approximate surface area is 161 Å². The van der Waals surface area contributed by atoms with Crippen LogP contribution in [0.25, 0.3) is 0 Å². The lowest BCUT2D eigenvalue weighted by Crippen LogP contribution is -2.59. The van der Waals surface area contributed by atoms with E-state index in [0.717, 1.165) is 25.3 Å². The first kappa shape index (κ1) is 17.7. The van der Waals surface area contributed by atoms with E-state index in [1.54, 1.807) is 6.07 Å². The van der Waals surface area contributed by atoms with Gasteiger partial charge in [0.15, 0.2) is 0 Å². The van der Waals surface area contributed by atoms with Crippen molar-refractivity contribution in [2.75, 3.05) is 13.1 Å². The molecule has 138 valence electrons. The standard InChI is InChI=1S/C22H25NO2.ClH/c24-18-8-9-20-19(13-18)22-11-4-7-17(14-22)23(15-21(22)25-20)12-10-16-5-2-1-3-6-16;/h1-3,5-6,8-9,13,17,21,24H,4,7,10-12,14-15H2;1H/t17-,21-,22-;/m0./s1. The molecule has 1 saturated carbocycles. The summed E-state index contributed by atoms with van der Waals surface area (Å²) in [4.78, 5) is 2.65. The lowest BCUT2D eigenvalue weighted by molar-refractivity contribution is -0.0209. The molecule has 2 aromatic rings. The van der Waals surface area contributed by atoms with Gasteiger partial charge in [-0.25, -0.2) is 0 Å². The average molecular weight is 372 g/mol. The van der Waals surface area contributed by atoms with Crippen LogP contribution in [-0.4, -0.2) is 35.2 Å². The van der Waals surface area contributed by atoms with Crippen molar-refractivity contribution in [2.45, 2.75) is 49.7 Å². The topological polar surface area (TPSA) is 32.7 Å². The summed E-state index contributed by atoms with van der Waals surface area (Å²) in [6, 6.07) is 17.1. The molecule has 1 spiro atoms. The van der Waals surface area contributed by atoms with Gasteiger partial charge in [0.1, 0.15) is 17.6 Å². The monoisotopic (exact) mass is 371 g/mol. The Balaban J connectivity index is 0.00000168. The SMILES string of the molecule is Cl.Oc1ccc2c(c1)[C@]13CCC[C@@H](C1)N(CCc1ccccc1)C[C@@H]3O2. The van der Waals surface area contributed by atoms with Crippen molar-refractivity contribution >= 4 is 12.4 Å². The van der Waals surface area contributed by atoms with Crippen LogP contribution >= 0.6 is 12.4 Å². The van der Waals surface area contributed by atoms with Gasteiger partial charge in [0.05, 0.1) is 0 Å². The third-order valence-electron chi connectivity index (χ3n) is 6.59. The Hall–Kier alpha value is -1.71. The van der Waals surface area contributed by atoms with Crippen molar-refractivity contribution in [1.29, 1.82) is 0 Å². The first-order chi connectivity index (χ1) is 12.2. The zero-order valence-electron chi connectivity index (χ0n) is 14.9. The molecular formula is C22H26ClNO2. The summed E-state index contributed by atoms with van der Waals surface area (Å²) < 4.78 is 6.37. The van der Waals surface area contributed by atoms with Gasteiger partial charge >= 0.3 is 0 Å². The summed E-state index contributed by atoms with van der Waals surface area (Å²) >= 11 is 0. The number of aromatic hydroxyl groups is 1. The van der Waals surface area contributed by atoms with Crippen molar-refractivity contribution in [1.82, 2.24) is 4.90 Å². The number of hydrogen-bond donors (Lipinski definition) is 1. The van der Waals surface area contributed by atoms with Crippen molar-refractivity contribution in [3.63, 3.8) is 0 Å². The summed E-state index contributed by atoms with van der Waals surface area (Å²) in [5, 5.41) is 9.98. The Bertz CT molecular complexity index is 781. The predicted octanol–water partition coefficient (Wildman–Crippen LogP) is 4.31. The van der Waals surface area contributed by atoms with Gasteiger partial charge in [-0.1, -0.05) is 36.8 Å². The first-order valence-corrected chi connectivity index (χ1v) is 9.53. The fourth-order valence-corrected chi connectivity index (χ4v) is 5.34. The minimum absolute atomic E-state index is 0. The number of phenols is 1.